The molecule has 0 saturated carbocycles. The van der Waals surface area contributed by atoms with Gasteiger partial charge in [0.25, 0.3) is 8.32 Å². The van der Waals surface area contributed by atoms with Crippen LogP contribution >= 0.6 is 0 Å². The summed E-state index contributed by atoms with van der Waals surface area (Å²) in [7, 11) is -5.47. The van der Waals surface area contributed by atoms with Crippen LogP contribution in [0.25, 0.3) is 11.1 Å². The maximum Gasteiger partial charge on any atom is 0.255 e. The van der Waals surface area contributed by atoms with E-state index in [0.29, 0.717) is 5.67 Å². The van der Waals surface area contributed by atoms with E-state index in [9.17, 15) is 22.0 Å². The second kappa shape index (κ2) is 12.6. The van der Waals surface area contributed by atoms with Gasteiger partial charge in [0, 0.05) is 6.04 Å². The van der Waals surface area contributed by atoms with Crippen molar-refractivity contribution < 1.29 is 43.9 Å². The molecular weight excluding hydrogens is 591 g/mol. The van der Waals surface area contributed by atoms with Crippen LogP contribution in [0.4, 0.5) is 39.5 Å². The maximum atomic E-state index is 15.6. The van der Waals surface area contributed by atoms with Gasteiger partial charge in [0.2, 0.25) is 17.5 Å². The Balaban J connectivity index is 2.30. The topological polar surface area (TPSA) is 9.23 Å². The molecule has 0 heterocycles. The largest absolute Gasteiger partial charge is 0.539 e. The Bertz CT molecular complexity index is 1350. The Morgan fingerprint density at radius 3 is 1.37 bits per heavy atom. The van der Waals surface area contributed by atoms with Crippen LogP contribution in [0.1, 0.15) is 40.2 Å². The van der Waals surface area contributed by atoms with Crippen LogP contribution < -0.4 is 4.43 Å². The second-order valence-electron chi connectivity index (χ2n) is 10.6. The maximum absolute atomic E-state index is 15.6. The van der Waals surface area contributed by atoms with E-state index in [0.717, 1.165) is 23.7 Å². The highest BCUT2D eigenvalue weighted by Gasteiger charge is 2.49. The molecule has 1 unspecified atom stereocenters. The lowest BCUT2D eigenvalue weighted by Gasteiger charge is -2.42. The molecule has 0 aromatic heterocycles. The van der Waals surface area contributed by atoms with Gasteiger partial charge >= 0.3 is 0 Å². The second-order valence-corrected chi connectivity index (χ2v) is 21.0. The molecule has 3 rings (SSSR count). The van der Waals surface area contributed by atoms with Crippen LogP contribution in [0.3, 0.4) is 0 Å². The van der Waals surface area contributed by atoms with E-state index >= 15 is 17.6 Å². The molecule has 0 amide bonds. The molecule has 0 fully saturated rings. The van der Waals surface area contributed by atoms with Gasteiger partial charge in [-0.2, -0.15) is 8.78 Å². The fraction of sp³-hybridized carbons (Fsp3) is 0.379. The number of halogens is 9. The summed E-state index contributed by atoms with van der Waals surface area (Å²) in [5.74, 6) is -23.2. The molecule has 0 saturated heterocycles. The molecule has 0 aliphatic carbocycles. The summed E-state index contributed by atoms with van der Waals surface area (Å²) in [4.78, 5) is 0. The summed E-state index contributed by atoms with van der Waals surface area (Å²) in [6.07, 6.45) is 0. The molecule has 3 aromatic carbocycles. The Morgan fingerprint density at radius 1 is 0.585 bits per heavy atom. The summed E-state index contributed by atoms with van der Waals surface area (Å²) in [6, 6.07) is 11.7. The van der Waals surface area contributed by atoms with Gasteiger partial charge in [-0.1, -0.05) is 83.1 Å². The smallest absolute Gasteiger partial charge is 0.255 e. The standard InChI is InChI=1S/C29H31F9OSi2/c1-6-40(7-2,8-3)15-41(16(4)5,14-17-12-10-9-11-13-17)39-29-27(37)22(32)19(23(33)28(29)38)18-20(30)24(34)26(36)25(35)21(18)31/h9-13,16H,6-8,14-15H2,1-5H3. The summed E-state index contributed by atoms with van der Waals surface area (Å²) < 4.78 is 138. The Morgan fingerprint density at radius 2 is 0.976 bits per heavy atom. The zero-order valence-electron chi connectivity index (χ0n) is 23.3. The fourth-order valence-electron chi connectivity index (χ4n) is 5.31. The summed E-state index contributed by atoms with van der Waals surface area (Å²) in [5.41, 5.74) is -3.19. The summed E-state index contributed by atoms with van der Waals surface area (Å²) in [5, 5.41) is 0. The van der Waals surface area contributed by atoms with Gasteiger partial charge in [-0.05, 0) is 16.8 Å². The van der Waals surface area contributed by atoms with E-state index < -0.39 is 85.6 Å². The number of hydrogen-bond acceptors (Lipinski definition) is 1. The van der Waals surface area contributed by atoms with Crippen LogP contribution in [-0.4, -0.2) is 16.4 Å². The van der Waals surface area contributed by atoms with E-state index in [4.69, 9.17) is 4.43 Å². The minimum absolute atomic E-state index is 0.252. The zero-order chi connectivity index (χ0) is 30.9. The molecule has 224 valence electrons. The molecule has 1 nitrogen and oxygen atoms in total. The third kappa shape index (κ3) is 5.95. The number of hydrogen-bond donors (Lipinski definition) is 0. The van der Waals surface area contributed by atoms with Crippen LogP contribution in [0, 0.1) is 52.4 Å². The molecule has 41 heavy (non-hydrogen) atoms. The van der Waals surface area contributed by atoms with Crippen molar-refractivity contribution in [2.45, 2.75) is 70.0 Å². The van der Waals surface area contributed by atoms with E-state index in [2.05, 4.69) is 0 Å². The predicted octanol–water partition coefficient (Wildman–Crippen LogP) is 10.2. The van der Waals surface area contributed by atoms with E-state index in [1.54, 1.807) is 44.2 Å². The van der Waals surface area contributed by atoms with Crippen molar-refractivity contribution in [2.75, 3.05) is 0 Å². The average molecular weight is 623 g/mol. The van der Waals surface area contributed by atoms with E-state index in [-0.39, 0.29) is 11.6 Å². The molecule has 3 aromatic rings. The minimum Gasteiger partial charge on any atom is -0.539 e. The van der Waals surface area contributed by atoms with Gasteiger partial charge in [-0.15, -0.1) is 0 Å². The summed E-state index contributed by atoms with van der Waals surface area (Å²) >= 11 is 0. The van der Waals surface area contributed by atoms with Crippen molar-refractivity contribution in [3.63, 3.8) is 0 Å². The molecule has 0 spiro atoms. The quantitative estimate of drug-likeness (QED) is 0.0895. The van der Waals surface area contributed by atoms with Crippen LogP contribution in [0.15, 0.2) is 30.3 Å². The van der Waals surface area contributed by atoms with Gasteiger partial charge < -0.3 is 4.43 Å². The van der Waals surface area contributed by atoms with Crippen molar-refractivity contribution in [1.82, 2.24) is 0 Å². The third-order valence-electron chi connectivity index (χ3n) is 8.31. The minimum atomic E-state index is -3.37. The van der Waals surface area contributed by atoms with Crippen molar-refractivity contribution in [3.8, 4) is 16.9 Å². The van der Waals surface area contributed by atoms with Gasteiger partial charge in [0.15, 0.2) is 40.7 Å². The van der Waals surface area contributed by atoms with Gasteiger partial charge in [0.1, 0.15) is 0 Å². The zero-order valence-corrected chi connectivity index (χ0v) is 25.3. The monoisotopic (exact) mass is 622 g/mol. The molecule has 0 aliphatic heterocycles. The van der Waals surface area contributed by atoms with Gasteiger partial charge in [-0.25, -0.2) is 30.7 Å². The van der Waals surface area contributed by atoms with Gasteiger partial charge in [0.05, 0.1) is 19.2 Å². The van der Waals surface area contributed by atoms with Crippen molar-refractivity contribution in [3.05, 3.63) is 88.3 Å². The predicted molar refractivity (Wildman–Crippen MR) is 145 cm³/mol. The highest BCUT2D eigenvalue weighted by atomic mass is 28.4. The lowest BCUT2D eigenvalue weighted by Crippen LogP contribution is -2.55. The first-order chi connectivity index (χ1) is 19.2. The molecule has 0 radical (unpaired) electrons. The van der Waals surface area contributed by atoms with E-state index in [1.165, 1.54) is 0 Å². The fourth-order valence-corrected chi connectivity index (χ4v) is 19.5. The molecule has 0 N–H and O–H groups in total. The Hall–Kier alpha value is -2.74. The van der Waals surface area contributed by atoms with Crippen LogP contribution in [0.5, 0.6) is 5.75 Å². The normalized spacial score (nSPS) is 13.5. The molecular formula is C29H31F9OSi2. The third-order valence-corrected chi connectivity index (χ3v) is 21.9. The first-order valence-electron chi connectivity index (χ1n) is 13.3. The molecule has 12 heteroatoms. The number of benzene rings is 3. The van der Waals surface area contributed by atoms with Crippen molar-refractivity contribution in [2.24, 2.45) is 0 Å². The first-order valence-corrected chi connectivity index (χ1v) is 18.5. The van der Waals surface area contributed by atoms with E-state index in [1.807, 2.05) is 20.8 Å². The molecule has 0 aliphatic rings. The first kappa shape index (κ1) is 32.8. The lowest BCUT2D eigenvalue weighted by molar-refractivity contribution is 0.373. The van der Waals surface area contributed by atoms with Crippen molar-refractivity contribution in [1.29, 1.82) is 0 Å². The highest BCUT2D eigenvalue weighted by Crippen LogP contribution is 2.44. The SMILES string of the molecule is CC[Si](CC)(CC)C[Si](Cc1ccccc1)(Oc1c(F)c(F)c(-c2c(F)c(F)c(F)c(F)c2F)c(F)c1F)C(C)C. The van der Waals surface area contributed by atoms with Gasteiger partial charge in [-0.3, -0.25) is 0 Å². The number of rotatable bonds is 11. The summed E-state index contributed by atoms with van der Waals surface area (Å²) in [6.45, 7) is 9.70. The van der Waals surface area contributed by atoms with Crippen LogP contribution in [0.2, 0.25) is 29.3 Å². The Kier molecular flexibility index (Phi) is 10.1. The molecule has 1 atom stereocenters. The average Bonchev–Trinajstić information content (AvgIpc) is 2.97. The highest BCUT2D eigenvalue weighted by molar-refractivity contribution is 6.95. The Labute approximate surface area is 235 Å². The van der Waals surface area contributed by atoms with Crippen LogP contribution in [-0.2, 0) is 6.04 Å². The molecule has 0 bridgehead atoms. The van der Waals surface area contributed by atoms with Crippen molar-refractivity contribution >= 4 is 16.4 Å². The lowest BCUT2D eigenvalue weighted by atomic mass is 10.0.